The van der Waals surface area contributed by atoms with Crippen LogP contribution in [0, 0.1) is 6.92 Å². The SMILES string of the molecule is Cc1ccc([Te]Cc2ncc(-c3ccc(S(C)(=O)=O)cc3)[se]2)cc1. The molecular formula is C18H17NO2SSeTe. The first-order chi connectivity index (χ1) is 11.4. The van der Waals surface area contributed by atoms with Crippen molar-refractivity contribution in [2.24, 2.45) is 0 Å². The van der Waals surface area contributed by atoms with Crippen LogP contribution < -0.4 is 3.61 Å². The molecule has 0 aliphatic rings. The maximum atomic E-state index is 11.5. The van der Waals surface area contributed by atoms with E-state index in [9.17, 15) is 8.42 Å². The molecule has 1 aromatic heterocycles. The fraction of sp³-hybridized carbons (Fsp3) is 0.167. The zero-order valence-electron chi connectivity index (χ0n) is 13.4. The Morgan fingerprint density at radius 3 is 2.33 bits per heavy atom. The first-order valence-corrected chi connectivity index (χ1v) is 13.8. The maximum absolute atomic E-state index is 11.5. The summed E-state index contributed by atoms with van der Waals surface area (Å²) in [5.74, 6) is 0. The molecule has 0 amide bonds. The molecule has 0 bridgehead atoms. The third-order valence-electron chi connectivity index (χ3n) is 3.50. The molecule has 0 aliphatic carbocycles. The van der Waals surface area contributed by atoms with Crippen molar-refractivity contribution in [2.75, 3.05) is 6.26 Å². The number of aromatic nitrogens is 1. The van der Waals surface area contributed by atoms with Gasteiger partial charge in [0.05, 0.1) is 0 Å². The third kappa shape index (κ3) is 4.59. The molecule has 0 unspecified atom stereocenters. The van der Waals surface area contributed by atoms with Gasteiger partial charge in [-0.25, -0.2) is 0 Å². The van der Waals surface area contributed by atoms with E-state index in [4.69, 9.17) is 0 Å². The van der Waals surface area contributed by atoms with Crippen molar-refractivity contribution in [1.82, 2.24) is 4.98 Å². The number of hydrogen-bond acceptors (Lipinski definition) is 3. The van der Waals surface area contributed by atoms with Crippen molar-refractivity contribution in [3.8, 4) is 10.0 Å². The molecule has 24 heavy (non-hydrogen) atoms. The predicted octanol–water partition coefficient (Wildman–Crippen LogP) is 2.05. The molecule has 0 aliphatic heterocycles. The number of sulfone groups is 1. The molecule has 3 nitrogen and oxygen atoms in total. The summed E-state index contributed by atoms with van der Waals surface area (Å²) in [4.78, 5) is 4.96. The van der Waals surface area contributed by atoms with E-state index in [2.05, 4.69) is 36.2 Å². The van der Waals surface area contributed by atoms with E-state index in [1.807, 2.05) is 18.3 Å². The molecule has 0 atom stereocenters. The van der Waals surface area contributed by atoms with Crippen LogP contribution in [0.1, 0.15) is 10.1 Å². The van der Waals surface area contributed by atoms with Crippen molar-refractivity contribution in [2.45, 2.75) is 16.3 Å². The standard InChI is InChI=1S/C18H17NO2SSeTe/c1-13-3-9-16(10-4-13)24-12-18-19-11-17(23-18)14-5-7-15(8-6-14)22(2,20)21/h3-11H,12H2,1-2H3. The van der Waals surface area contributed by atoms with Crippen LogP contribution in [0.5, 0.6) is 0 Å². The van der Waals surface area contributed by atoms with Gasteiger partial charge in [-0.1, -0.05) is 0 Å². The van der Waals surface area contributed by atoms with E-state index < -0.39 is 9.84 Å². The van der Waals surface area contributed by atoms with Crippen LogP contribution in [0.2, 0.25) is 0 Å². The van der Waals surface area contributed by atoms with Crippen LogP contribution in [0.15, 0.2) is 59.6 Å². The van der Waals surface area contributed by atoms with Crippen LogP contribution in [0.3, 0.4) is 0 Å². The van der Waals surface area contributed by atoms with Gasteiger partial charge in [0, 0.05) is 0 Å². The van der Waals surface area contributed by atoms with E-state index in [0.29, 0.717) is 4.90 Å². The van der Waals surface area contributed by atoms with Gasteiger partial charge in [0.1, 0.15) is 0 Å². The second kappa shape index (κ2) is 7.56. The summed E-state index contributed by atoms with van der Waals surface area (Å²) in [6, 6.07) is 16.0. The molecule has 6 heteroatoms. The van der Waals surface area contributed by atoms with Crippen molar-refractivity contribution >= 4 is 48.9 Å². The Kier molecular flexibility index (Phi) is 5.64. The van der Waals surface area contributed by atoms with Gasteiger partial charge < -0.3 is 0 Å². The Morgan fingerprint density at radius 2 is 1.71 bits per heavy atom. The van der Waals surface area contributed by atoms with E-state index in [1.54, 1.807) is 12.1 Å². The molecule has 0 fully saturated rings. The molecule has 124 valence electrons. The summed E-state index contributed by atoms with van der Waals surface area (Å²) in [6.45, 7) is 2.11. The fourth-order valence-electron chi connectivity index (χ4n) is 2.16. The zero-order chi connectivity index (χ0) is 17.2. The molecular weight excluding hydrogens is 501 g/mol. The topological polar surface area (TPSA) is 47.0 Å². The number of benzene rings is 2. The Morgan fingerprint density at radius 1 is 1.04 bits per heavy atom. The van der Waals surface area contributed by atoms with Gasteiger partial charge in [0.25, 0.3) is 0 Å². The molecule has 0 saturated carbocycles. The fourth-order valence-corrected chi connectivity index (χ4v) is 8.10. The second-order valence-corrected chi connectivity index (χ2v) is 12.9. The van der Waals surface area contributed by atoms with Gasteiger partial charge in [-0.2, -0.15) is 0 Å². The summed E-state index contributed by atoms with van der Waals surface area (Å²) in [5.41, 5.74) is 2.38. The normalized spacial score (nSPS) is 11.6. The summed E-state index contributed by atoms with van der Waals surface area (Å²) in [7, 11) is -3.13. The van der Waals surface area contributed by atoms with Crippen LogP contribution in [0.4, 0.5) is 0 Å². The quantitative estimate of drug-likeness (QED) is 0.487. The molecule has 0 saturated heterocycles. The minimum atomic E-state index is -3.13. The van der Waals surface area contributed by atoms with Gasteiger partial charge in [-0.3, -0.25) is 0 Å². The number of rotatable bonds is 5. The summed E-state index contributed by atoms with van der Waals surface area (Å²) < 4.78 is 28.2. The van der Waals surface area contributed by atoms with Crippen molar-refractivity contribution in [1.29, 1.82) is 0 Å². The van der Waals surface area contributed by atoms with Crippen molar-refractivity contribution < 1.29 is 8.42 Å². The molecule has 0 spiro atoms. The molecule has 0 radical (unpaired) electrons. The van der Waals surface area contributed by atoms with Crippen molar-refractivity contribution in [3.63, 3.8) is 0 Å². The Balaban J connectivity index is 1.70. The Labute approximate surface area is 158 Å². The van der Waals surface area contributed by atoms with Crippen LogP contribution in [0.25, 0.3) is 10.0 Å². The summed E-state index contributed by atoms with van der Waals surface area (Å²) in [6.07, 6.45) is 3.18. The van der Waals surface area contributed by atoms with Gasteiger partial charge in [0.15, 0.2) is 0 Å². The van der Waals surface area contributed by atoms with E-state index >= 15 is 0 Å². The average molecular weight is 518 g/mol. The molecule has 2 aromatic carbocycles. The Hall–Kier alpha value is -0.891. The van der Waals surface area contributed by atoms with Crippen LogP contribution >= 0.6 is 0 Å². The first kappa shape index (κ1) is 17.9. The van der Waals surface area contributed by atoms with Gasteiger partial charge in [-0.05, 0) is 0 Å². The molecule has 3 aromatic rings. The monoisotopic (exact) mass is 521 g/mol. The van der Waals surface area contributed by atoms with Gasteiger partial charge >= 0.3 is 160 Å². The van der Waals surface area contributed by atoms with E-state index in [-0.39, 0.29) is 35.4 Å². The average Bonchev–Trinajstić information content (AvgIpc) is 3.03. The summed E-state index contributed by atoms with van der Waals surface area (Å²) in [5, 5.41) is 0. The number of aryl methyl sites for hydroxylation is 1. The molecule has 1 heterocycles. The first-order valence-electron chi connectivity index (χ1n) is 7.36. The van der Waals surface area contributed by atoms with E-state index in [1.165, 1.54) is 24.4 Å². The molecule has 0 N–H and O–H groups in total. The summed E-state index contributed by atoms with van der Waals surface area (Å²) >= 11 is 0.0244. The second-order valence-electron chi connectivity index (χ2n) is 5.52. The van der Waals surface area contributed by atoms with Crippen LogP contribution in [-0.4, -0.2) is 55.1 Å². The molecule has 3 rings (SSSR count). The van der Waals surface area contributed by atoms with Crippen molar-refractivity contribution in [3.05, 3.63) is 64.9 Å². The zero-order valence-corrected chi connectivity index (χ0v) is 18.3. The van der Waals surface area contributed by atoms with E-state index in [0.717, 1.165) is 10.0 Å². The van der Waals surface area contributed by atoms with Crippen LogP contribution in [-0.2, 0) is 14.3 Å². The van der Waals surface area contributed by atoms with Gasteiger partial charge in [-0.15, -0.1) is 0 Å². The minimum absolute atomic E-state index is 0.228. The number of hydrogen-bond donors (Lipinski definition) is 0. The number of nitrogens with zero attached hydrogens (tertiary/aromatic N) is 1. The van der Waals surface area contributed by atoms with Gasteiger partial charge in [0.2, 0.25) is 0 Å². The third-order valence-corrected chi connectivity index (χ3v) is 11.0. The Bertz CT molecular complexity index is 932. The predicted molar refractivity (Wildman–Crippen MR) is 100.0 cm³/mol.